The maximum Gasteiger partial charge on any atom is 0.251 e. The van der Waals surface area contributed by atoms with Crippen molar-refractivity contribution in [3.63, 3.8) is 0 Å². The Labute approximate surface area is 150 Å². The van der Waals surface area contributed by atoms with Gasteiger partial charge in [0.2, 0.25) is 0 Å². The first-order chi connectivity index (χ1) is 12.5. The molecule has 2 N–H and O–H groups in total. The zero-order valence-electron chi connectivity index (χ0n) is 14.2. The summed E-state index contributed by atoms with van der Waals surface area (Å²) < 4.78 is 26.4. The highest BCUT2D eigenvalue weighted by Gasteiger charge is 2.24. The van der Waals surface area contributed by atoms with Crippen molar-refractivity contribution in [2.75, 3.05) is 0 Å². The third kappa shape index (κ3) is 4.65. The molecule has 0 radical (unpaired) electrons. The van der Waals surface area contributed by atoms with Gasteiger partial charge in [0.15, 0.2) is 0 Å². The van der Waals surface area contributed by atoms with Crippen LogP contribution >= 0.6 is 0 Å². The molecule has 6 heteroatoms. The second-order valence-electron chi connectivity index (χ2n) is 6.52. The second kappa shape index (κ2) is 8.08. The number of carbonyl (C=O) groups excluding carboxylic acids is 2. The van der Waals surface area contributed by atoms with E-state index in [-0.39, 0.29) is 23.9 Å². The van der Waals surface area contributed by atoms with E-state index in [1.807, 2.05) is 0 Å². The molecule has 0 saturated heterocycles. The van der Waals surface area contributed by atoms with E-state index in [0.717, 1.165) is 25.7 Å². The van der Waals surface area contributed by atoms with Gasteiger partial charge in [-0.15, -0.1) is 0 Å². The number of halogens is 2. The Hall–Kier alpha value is -2.76. The summed E-state index contributed by atoms with van der Waals surface area (Å²) in [5.74, 6) is -1.48. The Bertz CT molecular complexity index is 734. The summed E-state index contributed by atoms with van der Waals surface area (Å²) >= 11 is 0. The largest absolute Gasteiger partial charge is 0.349 e. The van der Waals surface area contributed by atoms with E-state index in [4.69, 9.17) is 0 Å². The number of rotatable bonds is 4. The predicted molar refractivity (Wildman–Crippen MR) is 93.8 cm³/mol. The SMILES string of the molecule is O=C(NC1CCC(NC(=O)c2cccc(F)c2)CC1)c1cccc(F)c1. The molecule has 1 aliphatic rings. The third-order valence-corrected chi connectivity index (χ3v) is 4.57. The Kier molecular flexibility index (Phi) is 5.61. The van der Waals surface area contributed by atoms with Crippen LogP contribution in [0.15, 0.2) is 48.5 Å². The molecule has 0 unspecified atom stereocenters. The van der Waals surface area contributed by atoms with Crippen LogP contribution in [0.25, 0.3) is 0 Å². The Balaban J connectivity index is 1.48. The molecule has 0 atom stereocenters. The lowest BCUT2D eigenvalue weighted by molar-refractivity contribution is 0.0891. The Morgan fingerprint density at radius 1 is 0.731 bits per heavy atom. The second-order valence-corrected chi connectivity index (χ2v) is 6.52. The maximum absolute atomic E-state index is 13.2. The minimum atomic E-state index is -0.443. The van der Waals surface area contributed by atoms with Gasteiger partial charge in [0.05, 0.1) is 0 Å². The van der Waals surface area contributed by atoms with Gasteiger partial charge in [-0.25, -0.2) is 8.78 Å². The van der Waals surface area contributed by atoms with Crippen molar-refractivity contribution in [2.24, 2.45) is 0 Å². The number of amides is 2. The molecule has 2 aromatic rings. The smallest absolute Gasteiger partial charge is 0.251 e. The third-order valence-electron chi connectivity index (χ3n) is 4.57. The van der Waals surface area contributed by atoms with Crippen LogP contribution in [0, 0.1) is 11.6 Å². The molecule has 2 aromatic carbocycles. The molecule has 0 aliphatic heterocycles. The first-order valence-corrected chi connectivity index (χ1v) is 8.64. The van der Waals surface area contributed by atoms with Crippen LogP contribution in [0.2, 0.25) is 0 Å². The van der Waals surface area contributed by atoms with Crippen LogP contribution in [0.3, 0.4) is 0 Å². The quantitative estimate of drug-likeness (QED) is 0.880. The summed E-state index contributed by atoms with van der Waals surface area (Å²) in [4.78, 5) is 24.3. The molecule has 4 nitrogen and oxygen atoms in total. The van der Waals surface area contributed by atoms with Crippen molar-refractivity contribution in [2.45, 2.75) is 37.8 Å². The zero-order valence-corrected chi connectivity index (χ0v) is 14.2. The van der Waals surface area contributed by atoms with E-state index in [1.165, 1.54) is 36.4 Å². The van der Waals surface area contributed by atoms with E-state index < -0.39 is 11.6 Å². The number of benzene rings is 2. The van der Waals surface area contributed by atoms with Gasteiger partial charge in [0.1, 0.15) is 11.6 Å². The lowest BCUT2D eigenvalue weighted by Gasteiger charge is -2.29. The molecule has 0 heterocycles. The molecule has 1 fully saturated rings. The molecule has 136 valence electrons. The minimum absolute atomic E-state index is 0.00640. The van der Waals surface area contributed by atoms with Gasteiger partial charge in [0, 0.05) is 23.2 Å². The number of hydrogen-bond donors (Lipinski definition) is 2. The maximum atomic E-state index is 13.2. The van der Waals surface area contributed by atoms with Crippen LogP contribution in [0.4, 0.5) is 8.78 Å². The van der Waals surface area contributed by atoms with Gasteiger partial charge in [-0.3, -0.25) is 9.59 Å². The first-order valence-electron chi connectivity index (χ1n) is 8.64. The molecular formula is C20H20F2N2O2. The summed E-state index contributed by atoms with van der Waals surface area (Å²) in [6.07, 6.45) is 2.87. The molecule has 1 saturated carbocycles. The highest BCUT2D eigenvalue weighted by molar-refractivity contribution is 5.95. The van der Waals surface area contributed by atoms with Gasteiger partial charge in [-0.2, -0.15) is 0 Å². The fraction of sp³-hybridized carbons (Fsp3) is 0.300. The average molecular weight is 358 g/mol. The van der Waals surface area contributed by atoms with E-state index in [2.05, 4.69) is 10.6 Å². The fourth-order valence-electron chi connectivity index (χ4n) is 3.18. The van der Waals surface area contributed by atoms with Crippen LogP contribution in [-0.4, -0.2) is 23.9 Å². The van der Waals surface area contributed by atoms with Crippen molar-refractivity contribution in [3.8, 4) is 0 Å². The fourth-order valence-corrected chi connectivity index (χ4v) is 3.18. The van der Waals surface area contributed by atoms with Crippen molar-refractivity contribution >= 4 is 11.8 Å². The van der Waals surface area contributed by atoms with E-state index in [9.17, 15) is 18.4 Å². The minimum Gasteiger partial charge on any atom is -0.349 e. The summed E-state index contributed by atoms with van der Waals surface area (Å²) in [5, 5.41) is 5.81. The molecule has 0 spiro atoms. The first kappa shape index (κ1) is 18.0. The number of nitrogens with one attached hydrogen (secondary N) is 2. The Morgan fingerprint density at radius 2 is 1.12 bits per heavy atom. The van der Waals surface area contributed by atoms with Crippen LogP contribution in [0.1, 0.15) is 46.4 Å². The standard InChI is InChI=1S/C20H20F2N2O2/c21-15-5-1-3-13(11-15)19(25)23-17-7-9-18(10-8-17)24-20(26)14-4-2-6-16(22)12-14/h1-6,11-12,17-18H,7-10H2,(H,23,25)(H,24,26). The lowest BCUT2D eigenvalue weighted by atomic mass is 9.90. The van der Waals surface area contributed by atoms with Crippen molar-refractivity contribution in [1.82, 2.24) is 10.6 Å². The van der Waals surface area contributed by atoms with Crippen molar-refractivity contribution in [3.05, 3.63) is 71.3 Å². The lowest BCUT2D eigenvalue weighted by Crippen LogP contribution is -2.43. The molecule has 1 aliphatic carbocycles. The van der Waals surface area contributed by atoms with Gasteiger partial charge < -0.3 is 10.6 Å². The monoisotopic (exact) mass is 358 g/mol. The van der Waals surface area contributed by atoms with E-state index in [0.29, 0.717) is 11.1 Å². The molecule has 26 heavy (non-hydrogen) atoms. The summed E-state index contributed by atoms with van der Waals surface area (Å²) in [5.41, 5.74) is 0.595. The molecule has 3 rings (SSSR count). The van der Waals surface area contributed by atoms with Crippen LogP contribution < -0.4 is 10.6 Å². The van der Waals surface area contributed by atoms with Crippen LogP contribution in [0.5, 0.6) is 0 Å². The zero-order chi connectivity index (χ0) is 18.5. The van der Waals surface area contributed by atoms with E-state index >= 15 is 0 Å². The van der Waals surface area contributed by atoms with E-state index in [1.54, 1.807) is 12.1 Å². The van der Waals surface area contributed by atoms with Gasteiger partial charge in [0.25, 0.3) is 11.8 Å². The summed E-state index contributed by atoms with van der Waals surface area (Å²) in [6, 6.07) is 11.1. The van der Waals surface area contributed by atoms with Crippen LogP contribution in [-0.2, 0) is 0 Å². The molecule has 2 amide bonds. The topological polar surface area (TPSA) is 58.2 Å². The van der Waals surface area contributed by atoms with Gasteiger partial charge in [-0.1, -0.05) is 12.1 Å². The summed E-state index contributed by atoms with van der Waals surface area (Å²) in [7, 11) is 0. The highest BCUT2D eigenvalue weighted by atomic mass is 19.1. The number of hydrogen-bond acceptors (Lipinski definition) is 2. The van der Waals surface area contributed by atoms with Crippen molar-refractivity contribution in [1.29, 1.82) is 0 Å². The molecular weight excluding hydrogens is 338 g/mol. The molecule has 0 bridgehead atoms. The highest BCUT2D eigenvalue weighted by Crippen LogP contribution is 2.20. The van der Waals surface area contributed by atoms with Gasteiger partial charge in [-0.05, 0) is 62.1 Å². The Morgan fingerprint density at radius 3 is 1.46 bits per heavy atom. The summed E-state index contributed by atoms with van der Waals surface area (Å²) in [6.45, 7) is 0. The molecule has 0 aromatic heterocycles. The average Bonchev–Trinajstić information content (AvgIpc) is 2.63. The van der Waals surface area contributed by atoms with Gasteiger partial charge >= 0.3 is 0 Å². The van der Waals surface area contributed by atoms with Crippen molar-refractivity contribution < 1.29 is 18.4 Å². The predicted octanol–water partition coefficient (Wildman–Crippen LogP) is 3.44. The normalized spacial score (nSPS) is 19.6. The number of carbonyl (C=O) groups is 2.